The van der Waals surface area contributed by atoms with Crippen LogP contribution in [0.25, 0.3) is 0 Å². The van der Waals surface area contributed by atoms with E-state index in [1.54, 1.807) is 33.4 Å². The van der Waals surface area contributed by atoms with Crippen LogP contribution in [0.2, 0.25) is 0 Å². The van der Waals surface area contributed by atoms with Crippen LogP contribution in [0.4, 0.5) is 15.7 Å². The standard InChI is InChI=1S/C17H17N7O2S/c25-15(9-13-11-27-17(20-13)24-8-6-19-16(24)26)21-14-4-7-23(22-14)10-12-3-1-2-5-18-12/h1-5,7,11H,6,8-10H2,(H,19,26)(H,21,22,25). The molecule has 0 unspecified atom stereocenters. The van der Waals surface area contributed by atoms with Crippen molar-refractivity contribution < 1.29 is 9.59 Å². The van der Waals surface area contributed by atoms with E-state index in [1.807, 2.05) is 18.2 Å². The summed E-state index contributed by atoms with van der Waals surface area (Å²) in [5.41, 5.74) is 1.51. The Kier molecular flexibility index (Phi) is 4.79. The largest absolute Gasteiger partial charge is 0.336 e. The average Bonchev–Trinajstić information content (AvgIpc) is 3.38. The lowest BCUT2D eigenvalue weighted by Crippen LogP contribution is -2.27. The van der Waals surface area contributed by atoms with Gasteiger partial charge in [0.2, 0.25) is 5.91 Å². The molecule has 0 atom stereocenters. The molecular formula is C17H17N7O2S. The molecule has 4 heterocycles. The van der Waals surface area contributed by atoms with Gasteiger partial charge in [0, 0.05) is 36.9 Å². The van der Waals surface area contributed by atoms with Gasteiger partial charge in [0.05, 0.1) is 24.4 Å². The molecule has 138 valence electrons. The van der Waals surface area contributed by atoms with E-state index < -0.39 is 0 Å². The lowest BCUT2D eigenvalue weighted by Gasteiger charge is -2.08. The Hall–Kier alpha value is -3.27. The number of nitrogens with one attached hydrogen (secondary N) is 2. The Morgan fingerprint density at radius 2 is 2.22 bits per heavy atom. The van der Waals surface area contributed by atoms with Gasteiger partial charge in [0.15, 0.2) is 10.9 Å². The number of rotatable bonds is 6. The van der Waals surface area contributed by atoms with E-state index in [0.717, 1.165) is 5.69 Å². The summed E-state index contributed by atoms with van der Waals surface area (Å²) >= 11 is 1.35. The lowest BCUT2D eigenvalue weighted by molar-refractivity contribution is -0.115. The molecule has 9 nitrogen and oxygen atoms in total. The maximum Gasteiger partial charge on any atom is 0.323 e. The molecule has 4 rings (SSSR count). The minimum absolute atomic E-state index is 0.124. The highest BCUT2D eigenvalue weighted by atomic mass is 32.1. The molecule has 0 aliphatic carbocycles. The molecule has 0 spiro atoms. The Labute approximate surface area is 159 Å². The number of carbonyl (C=O) groups is 2. The second-order valence-corrected chi connectivity index (χ2v) is 6.79. The number of pyridine rings is 1. The fourth-order valence-corrected chi connectivity index (χ4v) is 3.53. The number of hydrogen-bond acceptors (Lipinski definition) is 6. The van der Waals surface area contributed by atoms with Crippen LogP contribution in [-0.2, 0) is 17.8 Å². The van der Waals surface area contributed by atoms with E-state index in [-0.39, 0.29) is 18.4 Å². The minimum Gasteiger partial charge on any atom is -0.336 e. The van der Waals surface area contributed by atoms with Gasteiger partial charge in [0.25, 0.3) is 0 Å². The average molecular weight is 383 g/mol. The van der Waals surface area contributed by atoms with Gasteiger partial charge in [-0.25, -0.2) is 9.78 Å². The zero-order valence-corrected chi connectivity index (χ0v) is 15.1. The SMILES string of the molecule is O=C(Cc1csc(N2CCNC2=O)n1)Nc1ccn(Cc2ccccn2)n1. The van der Waals surface area contributed by atoms with Crippen LogP contribution >= 0.6 is 11.3 Å². The van der Waals surface area contributed by atoms with Gasteiger partial charge < -0.3 is 10.6 Å². The number of amides is 3. The number of thiazole rings is 1. The van der Waals surface area contributed by atoms with Gasteiger partial charge in [0.1, 0.15) is 0 Å². The van der Waals surface area contributed by atoms with Crippen molar-refractivity contribution in [3.05, 3.63) is 53.4 Å². The number of nitrogens with zero attached hydrogens (tertiary/aromatic N) is 5. The Morgan fingerprint density at radius 1 is 1.30 bits per heavy atom. The van der Waals surface area contributed by atoms with Crippen LogP contribution in [0.5, 0.6) is 0 Å². The molecule has 0 bridgehead atoms. The van der Waals surface area contributed by atoms with Crippen molar-refractivity contribution in [2.75, 3.05) is 23.3 Å². The van der Waals surface area contributed by atoms with Gasteiger partial charge >= 0.3 is 6.03 Å². The molecule has 0 aromatic carbocycles. The monoisotopic (exact) mass is 383 g/mol. The highest BCUT2D eigenvalue weighted by Crippen LogP contribution is 2.22. The van der Waals surface area contributed by atoms with Crippen molar-refractivity contribution in [3.8, 4) is 0 Å². The van der Waals surface area contributed by atoms with E-state index in [0.29, 0.717) is 36.3 Å². The molecule has 0 saturated carbocycles. The van der Waals surface area contributed by atoms with Crippen LogP contribution in [0.15, 0.2) is 42.0 Å². The first-order chi connectivity index (χ1) is 13.2. The van der Waals surface area contributed by atoms with Gasteiger partial charge in [-0.15, -0.1) is 11.3 Å². The van der Waals surface area contributed by atoms with E-state index >= 15 is 0 Å². The fourth-order valence-electron chi connectivity index (χ4n) is 2.68. The summed E-state index contributed by atoms with van der Waals surface area (Å²) in [6.07, 6.45) is 3.64. The molecule has 3 amide bonds. The summed E-state index contributed by atoms with van der Waals surface area (Å²) in [7, 11) is 0. The molecule has 1 saturated heterocycles. The molecule has 3 aromatic rings. The van der Waals surface area contributed by atoms with Crippen molar-refractivity contribution in [3.63, 3.8) is 0 Å². The second kappa shape index (κ2) is 7.54. The summed E-state index contributed by atoms with van der Waals surface area (Å²) in [5, 5.41) is 12.2. The number of carbonyl (C=O) groups excluding carboxylic acids is 2. The molecule has 0 radical (unpaired) electrons. The molecule has 1 fully saturated rings. The highest BCUT2D eigenvalue weighted by Gasteiger charge is 2.24. The first-order valence-electron chi connectivity index (χ1n) is 8.40. The van der Waals surface area contributed by atoms with Crippen LogP contribution < -0.4 is 15.5 Å². The first-order valence-corrected chi connectivity index (χ1v) is 9.28. The summed E-state index contributed by atoms with van der Waals surface area (Å²) in [5.74, 6) is 0.270. The summed E-state index contributed by atoms with van der Waals surface area (Å²) < 4.78 is 1.71. The van der Waals surface area contributed by atoms with Gasteiger partial charge in [-0.05, 0) is 12.1 Å². The van der Waals surface area contributed by atoms with Gasteiger partial charge in [-0.1, -0.05) is 6.07 Å². The zero-order valence-electron chi connectivity index (χ0n) is 14.3. The summed E-state index contributed by atoms with van der Waals surface area (Å²) in [6.45, 7) is 1.73. The quantitative estimate of drug-likeness (QED) is 0.671. The maximum atomic E-state index is 12.2. The van der Waals surface area contributed by atoms with E-state index in [1.165, 1.54) is 11.3 Å². The predicted molar refractivity (Wildman–Crippen MR) is 101 cm³/mol. The number of hydrogen-bond donors (Lipinski definition) is 2. The summed E-state index contributed by atoms with van der Waals surface area (Å²) in [6, 6.07) is 7.28. The fraction of sp³-hybridized carbons (Fsp3) is 0.235. The van der Waals surface area contributed by atoms with Crippen molar-refractivity contribution in [1.82, 2.24) is 25.1 Å². The third kappa shape index (κ3) is 4.11. The molecule has 1 aliphatic heterocycles. The third-order valence-corrected chi connectivity index (χ3v) is 4.84. The number of urea groups is 1. The predicted octanol–water partition coefficient (Wildman–Crippen LogP) is 1.49. The van der Waals surface area contributed by atoms with Crippen LogP contribution in [0.1, 0.15) is 11.4 Å². The van der Waals surface area contributed by atoms with E-state index in [2.05, 4.69) is 25.7 Å². The molecule has 27 heavy (non-hydrogen) atoms. The normalized spacial score (nSPS) is 13.6. The molecule has 3 aromatic heterocycles. The third-order valence-electron chi connectivity index (χ3n) is 3.93. The molecule has 1 aliphatic rings. The lowest BCUT2D eigenvalue weighted by atomic mass is 10.3. The smallest absolute Gasteiger partial charge is 0.323 e. The van der Waals surface area contributed by atoms with Gasteiger partial charge in [-0.3, -0.25) is 19.4 Å². The minimum atomic E-state index is -0.208. The Bertz CT molecular complexity index is 953. The van der Waals surface area contributed by atoms with Crippen molar-refractivity contribution >= 4 is 34.2 Å². The van der Waals surface area contributed by atoms with Crippen LogP contribution in [-0.4, -0.2) is 44.8 Å². The van der Waals surface area contributed by atoms with E-state index in [9.17, 15) is 9.59 Å². The summed E-state index contributed by atoms with van der Waals surface area (Å²) in [4.78, 5) is 34.1. The van der Waals surface area contributed by atoms with Crippen LogP contribution in [0, 0.1) is 0 Å². The van der Waals surface area contributed by atoms with Gasteiger partial charge in [-0.2, -0.15) is 5.10 Å². The molecule has 2 N–H and O–H groups in total. The zero-order chi connectivity index (χ0) is 18.6. The Morgan fingerprint density at radius 3 is 3.00 bits per heavy atom. The number of anilines is 2. The topological polar surface area (TPSA) is 105 Å². The van der Waals surface area contributed by atoms with Crippen molar-refractivity contribution in [2.24, 2.45) is 0 Å². The first kappa shape index (κ1) is 17.2. The second-order valence-electron chi connectivity index (χ2n) is 5.95. The van der Waals surface area contributed by atoms with Crippen molar-refractivity contribution in [2.45, 2.75) is 13.0 Å². The highest BCUT2D eigenvalue weighted by molar-refractivity contribution is 7.14. The van der Waals surface area contributed by atoms with Crippen LogP contribution in [0.3, 0.4) is 0 Å². The maximum absolute atomic E-state index is 12.2. The molecule has 10 heteroatoms. The molecular weight excluding hydrogens is 366 g/mol. The van der Waals surface area contributed by atoms with Crippen molar-refractivity contribution in [1.29, 1.82) is 0 Å². The number of aromatic nitrogens is 4. The Balaban J connectivity index is 1.33. The van der Waals surface area contributed by atoms with E-state index in [4.69, 9.17) is 0 Å².